The normalized spacial score (nSPS) is 27.8. The maximum atomic E-state index is 15.2. The number of aromatic nitrogens is 3. The Kier molecular flexibility index (Phi) is 7.28. The molecule has 4 atom stereocenters. The summed E-state index contributed by atoms with van der Waals surface area (Å²) in [4.78, 5) is 36.5. The molecular weight excluding hydrogens is 484 g/mol. The average Bonchev–Trinajstić information content (AvgIpc) is 3.48. The van der Waals surface area contributed by atoms with Crippen LogP contribution in [0.1, 0.15) is 29.6 Å². The molecule has 3 aliphatic heterocycles. The third kappa shape index (κ3) is 5.12. The molecule has 2 amide bonds. The van der Waals surface area contributed by atoms with Crippen LogP contribution in [0.5, 0.6) is 0 Å². The third-order valence-corrected chi connectivity index (χ3v) is 8.00. The maximum absolute atomic E-state index is 15.2. The van der Waals surface area contributed by atoms with Gasteiger partial charge in [-0.2, -0.15) is 0 Å². The number of carbonyl (C=O) groups excluding carboxylic acids is 2. The zero-order valence-electron chi connectivity index (χ0n) is 21.2. The van der Waals surface area contributed by atoms with Crippen molar-refractivity contribution in [3.05, 3.63) is 23.8 Å². The molecular formula is C24H35F2N9O2. The lowest BCUT2D eigenvalue weighted by molar-refractivity contribution is -0.136. The van der Waals surface area contributed by atoms with Gasteiger partial charge in [0, 0.05) is 38.1 Å². The van der Waals surface area contributed by atoms with Crippen molar-refractivity contribution in [2.45, 2.75) is 43.6 Å². The first-order valence-electron chi connectivity index (χ1n) is 12.9. The van der Waals surface area contributed by atoms with Crippen molar-refractivity contribution >= 4 is 23.3 Å². The molecule has 13 heteroatoms. The van der Waals surface area contributed by atoms with Gasteiger partial charge in [-0.1, -0.05) is 0 Å². The van der Waals surface area contributed by atoms with Gasteiger partial charge >= 0.3 is 0 Å². The number of likely N-dealkylation sites (tertiary alicyclic amines) is 2. The van der Waals surface area contributed by atoms with Crippen LogP contribution in [0.15, 0.2) is 12.4 Å². The van der Waals surface area contributed by atoms with Crippen LogP contribution in [-0.2, 0) is 4.79 Å². The number of amides is 2. The van der Waals surface area contributed by atoms with E-state index < -0.39 is 30.0 Å². The molecule has 3 aliphatic rings. The quantitative estimate of drug-likeness (QED) is 0.494. The number of nitrogens with one attached hydrogen (secondary N) is 2. The summed E-state index contributed by atoms with van der Waals surface area (Å²) in [5, 5.41) is 9.93. The van der Waals surface area contributed by atoms with E-state index in [-0.39, 0.29) is 35.4 Å². The number of nitrogen functional groups attached to an aromatic ring is 1. The fraction of sp³-hybridized carbons (Fsp3) is 0.667. The Bertz CT molecular complexity index is 1150. The second kappa shape index (κ2) is 10.5. The number of piperidine rings is 2. The molecule has 0 bridgehead atoms. The topological polar surface area (TPSA) is 124 Å². The molecule has 0 aromatic carbocycles. The number of hydrogen-bond donors (Lipinski definition) is 3. The first-order valence-corrected chi connectivity index (χ1v) is 12.9. The largest absolute Gasteiger partial charge is 0.381 e. The fourth-order valence-corrected chi connectivity index (χ4v) is 5.94. The number of alkyl halides is 1. The smallest absolute Gasteiger partial charge is 0.259 e. The highest BCUT2D eigenvalue weighted by Crippen LogP contribution is 2.27. The van der Waals surface area contributed by atoms with Gasteiger partial charge in [0.15, 0.2) is 17.3 Å². The van der Waals surface area contributed by atoms with Crippen LogP contribution in [0.3, 0.4) is 0 Å². The van der Waals surface area contributed by atoms with Crippen molar-refractivity contribution < 1.29 is 18.4 Å². The van der Waals surface area contributed by atoms with Gasteiger partial charge in [-0.15, -0.1) is 5.10 Å². The molecule has 2 aromatic heterocycles. The first-order chi connectivity index (χ1) is 17.7. The fourth-order valence-electron chi connectivity index (χ4n) is 5.94. The minimum Gasteiger partial charge on any atom is -0.381 e. The van der Waals surface area contributed by atoms with Crippen LogP contribution in [-0.4, -0.2) is 119 Å². The molecule has 11 nitrogen and oxygen atoms in total. The van der Waals surface area contributed by atoms with E-state index in [2.05, 4.69) is 30.5 Å². The third-order valence-electron chi connectivity index (χ3n) is 8.00. The van der Waals surface area contributed by atoms with Gasteiger partial charge < -0.3 is 26.2 Å². The van der Waals surface area contributed by atoms with Gasteiger partial charge in [0.05, 0.1) is 24.5 Å². The van der Waals surface area contributed by atoms with Gasteiger partial charge in [-0.3, -0.25) is 14.5 Å². The van der Waals surface area contributed by atoms with Crippen LogP contribution < -0.4 is 16.4 Å². The highest BCUT2D eigenvalue weighted by Gasteiger charge is 2.42. The number of anilines is 1. The van der Waals surface area contributed by atoms with Gasteiger partial charge in [0.1, 0.15) is 11.7 Å². The Morgan fingerprint density at radius 1 is 1.19 bits per heavy atom. The van der Waals surface area contributed by atoms with Crippen LogP contribution in [0.2, 0.25) is 0 Å². The Labute approximate surface area is 214 Å². The number of nitrogens with two attached hydrogens (primary N) is 1. The summed E-state index contributed by atoms with van der Waals surface area (Å²) in [5.41, 5.74) is 6.10. The lowest BCUT2D eigenvalue weighted by atomic mass is 9.90. The minimum atomic E-state index is -1.20. The van der Waals surface area contributed by atoms with E-state index in [0.29, 0.717) is 38.5 Å². The van der Waals surface area contributed by atoms with Crippen LogP contribution in [0.25, 0.3) is 5.65 Å². The SMILES string of the molecule is CN(C)[C@@H]1CCN(C(=O)C2CCN(C3C(F)CNCC3NC(=O)c3c(N)nn4cc(F)cnc34)CC2)C1. The van der Waals surface area contributed by atoms with Crippen molar-refractivity contribution in [1.82, 2.24) is 39.9 Å². The molecule has 5 heterocycles. The van der Waals surface area contributed by atoms with Crippen molar-refractivity contribution in [1.29, 1.82) is 0 Å². The van der Waals surface area contributed by atoms with E-state index in [1.165, 1.54) is 0 Å². The van der Waals surface area contributed by atoms with Gasteiger partial charge in [0.25, 0.3) is 5.91 Å². The Hall–Kier alpha value is -2.90. The second-order valence-corrected chi connectivity index (χ2v) is 10.5. The average molecular weight is 520 g/mol. The van der Waals surface area contributed by atoms with E-state index >= 15 is 4.39 Å². The maximum Gasteiger partial charge on any atom is 0.259 e. The molecule has 0 aliphatic carbocycles. The first kappa shape index (κ1) is 25.7. The molecule has 5 rings (SSSR count). The predicted molar refractivity (Wildman–Crippen MR) is 133 cm³/mol. The van der Waals surface area contributed by atoms with Crippen molar-refractivity contribution in [2.24, 2.45) is 5.92 Å². The lowest BCUT2D eigenvalue weighted by Gasteiger charge is -2.45. The number of halogens is 2. The van der Waals surface area contributed by atoms with Crippen molar-refractivity contribution in [3.63, 3.8) is 0 Å². The zero-order chi connectivity index (χ0) is 26.3. The van der Waals surface area contributed by atoms with Crippen molar-refractivity contribution in [3.8, 4) is 0 Å². The molecule has 0 saturated carbocycles. The molecule has 2 aromatic rings. The van der Waals surface area contributed by atoms with Crippen LogP contribution in [0.4, 0.5) is 14.6 Å². The summed E-state index contributed by atoms with van der Waals surface area (Å²) < 4.78 is 29.9. The number of likely N-dealkylation sites (N-methyl/N-ethyl adjacent to an activating group) is 1. The number of nitrogens with zero attached hydrogens (tertiary/aromatic N) is 6. The summed E-state index contributed by atoms with van der Waals surface area (Å²) in [7, 11) is 4.08. The molecule has 0 radical (unpaired) electrons. The zero-order valence-corrected chi connectivity index (χ0v) is 21.2. The van der Waals surface area contributed by atoms with E-state index in [1.54, 1.807) is 0 Å². The summed E-state index contributed by atoms with van der Waals surface area (Å²) in [5.74, 6) is -1.08. The molecule has 4 N–H and O–H groups in total. The summed E-state index contributed by atoms with van der Waals surface area (Å²) >= 11 is 0. The van der Waals surface area contributed by atoms with Crippen LogP contribution >= 0.6 is 0 Å². The van der Waals surface area contributed by atoms with E-state index in [4.69, 9.17) is 5.73 Å². The van der Waals surface area contributed by atoms with Gasteiger partial charge in [-0.25, -0.2) is 18.3 Å². The highest BCUT2D eigenvalue weighted by molar-refractivity contribution is 6.04. The molecule has 3 unspecified atom stereocenters. The summed E-state index contributed by atoms with van der Waals surface area (Å²) in [6.07, 6.45) is 3.19. The van der Waals surface area contributed by atoms with Gasteiger partial charge in [-0.05, 0) is 46.4 Å². The molecule has 202 valence electrons. The van der Waals surface area contributed by atoms with E-state index in [9.17, 15) is 14.0 Å². The van der Waals surface area contributed by atoms with E-state index in [1.807, 2.05) is 19.0 Å². The minimum absolute atomic E-state index is 0.0330. The Balaban J connectivity index is 1.24. The number of carbonyl (C=O) groups is 2. The standard InChI is InChI=1S/C24H35F2N9O2/c1-32(2)16-5-8-34(13-16)24(37)14-3-6-33(7-4-14)20-17(26)10-28-11-18(20)30-23(36)19-21(27)31-35-12-15(25)9-29-22(19)35/h9,12,14,16-18,20,28H,3-8,10-11,13H2,1-2H3,(H2,27,31)(H,30,36)/t16-,17?,18?,20?/m1/s1. The number of hydrogen-bond acceptors (Lipinski definition) is 8. The molecule has 3 fully saturated rings. The Morgan fingerprint density at radius 2 is 1.95 bits per heavy atom. The second-order valence-electron chi connectivity index (χ2n) is 10.5. The molecule has 37 heavy (non-hydrogen) atoms. The summed E-state index contributed by atoms with van der Waals surface area (Å²) in [6.45, 7) is 3.28. The number of fused-ring (bicyclic) bond motifs is 1. The van der Waals surface area contributed by atoms with Crippen molar-refractivity contribution in [2.75, 3.05) is 59.1 Å². The molecule has 3 saturated heterocycles. The monoisotopic (exact) mass is 519 g/mol. The number of rotatable bonds is 5. The van der Waals surface area contributed by atoms with Gasteiger partial charge in [0.2, 0.25) is 5.91 Å². The molecule has 0 spiro atoms. The van der Waals surface area contributed by atoms with Crippen LogP contribution in [0, 0.1) is 11.7 Å². The highest BCUT2D eigenvalue weighted by atomic mass is 19.1. The lowest BCUT2D eigenvalue weighted by Crippen LogP contribution is -2.66. The predicted octanol–water partition coefficient (Wildman–Crippen LogP) is -0.267. The summed E-state index contributed by atoms with van der Waals surface area (Å²) in [6, 6.07) is -0.677. The Morgan fingerprint density at radius 3 is 2.65 bits per heavy atom. The van der Waals surface area contributed by atoms with E-state index in [0.717, 1.165) is 36.4 Å².